The van der Waals surface area contributed by atoms with E-state index in [2.05, 4.69) is 5.29 Å². The van der Waals surface area contributed by atoms with Crippen molar-refractivity contribution in [1.82, 2.24) is 0 Å². The molecule has 1 aliphatic heterocycles. The summed E-state index contributed by atoms with van der Waals surface area (Å²) in [4.78, 5) is 21.6. The van der Waals surface area contributed by atoms with E-state index in [1.54, 1.807) is 12.1 Å². The van der Waals surface area contributed by atoms with Crippen LogP contribution in [0.25, 0.3) is 0 Å². The molecule has 0 aromatic heterocycles. The van der Waals surface area contributed by atoms with E-state index in [0.29, 0.717) is 11.4 Å². The van der Waals surface area contributed by atoms with Crippen molar-refractivity contribution in [3.8, 4) is 0 Å². The van der Waals surface area contributed by atoms with Gasteiger partial charge >= 0.3 is 0 Å². The third kappa shape index (κ3) is 1.91. The minimum atomic E-state index is -0.472. The number of hydrogen-bond acceptors (Lipinski definition) is 4. The third-order valence-electron chi connectivity index (χ3n) is 3.47. The van der Waals surface area contributed by atoms with E-state index in [0.717, 1.165) is 24.0 Å². The highest BCUT2D eigenvalue weighted by atomic mass is 16.6. The van der Waals surface area contributed by atoms with Crippen molar-refractivity contribution in [2.24, 2.45) is 5.29 Å². The minimum absolute atomic E-state index is 0.0446. The number of hydrogen-bond donors (Lipinski definition) is 0. The van der Waals surface area contributed by atoms with Crippen LogP contribution in [0.15, 0.2) is 47.8 Å². The molecule has 0 saturated carbocycles. The number of rotatable bonds is 2. The highest BCUT2D eigenvalue weighted by molar-refractivity contribution is 5.72. The van der Waals surface area contributed by atoms with Gasteiger partial charge in [0, 0.05) is 12.1 Å². The first-order valence-electron chi connectivity index (χ1n) is 6.19. The van der Waals surface area contributed by atoms with E-state index in [1.165, 1.54) is 17.1 Å². The number of anilines is 2. The summed E-state index contributed by atoms with van der Waals surface area (Å²) in [6, 6.07) is 12.0. The quantitative estimate of drug-likeness (QED) is 0.475. The van der Waals surface area contributed by atoms with E-state index in [9.17, 15) is 15.0 Å². The van der Waals surface area contributed by atoms with Gasteiger partial charge in [0.1, 0.15) is 0 Å². The van der Waals surface area contributed by atoms with Gasteiger partial charge in [-0.2, -0.15) is 5.01 Å². The molecule has 1 heterocycles. The van der Waals surface area contributed by atoms with Crippen molar-refractivity contribution >= 4 is 17.1 Å². The van der Waals surface area contributed by atoms with Gasteiger partial charge in [0.2, 0.25) is 0 Å². The summed E-state index contributed by atoms with van der Waals surface area (Å²) in [6.07, 6.45) is 1.49. The standard InChI is InChI=1S/C14H11N3O3/c18-15-16-13-4-2-1-3-10(13)5-6-11-7-8-12(17(19)20)9-14(11)16/h1-4,7-9H,5-6H2. The van der Waals surface area contributed by atoms with Crippen LogP contribution in [0.3, 0.4) is 0 Å². The zero-order valence-electron chi connectivity index (χ0n) is 10.5. The van der Waals surface area contributed by atoms with Gasteiger partial charge < -0.3 is 0 Å². The van der Waals surface area contributed by atoms with Gasteiger partial charge in [-0.05, 0) is 30.0 Å². The predicted octanol–water partition coefficient (Wildman–Crippen LogP) is 3.51. The lowest BCUT2D eigenvalue weighted by atomic mass is 10.0. The summed E-state index contributed by atoms with van der Waals surface area (Å²) in [6.45, 7) is 0. The van der Waals surface area contributed by atoms with E-state index < -0.39 is 4.92 Å². The maximum absolute atomic E-state index is 11.2. The van der Waals surface area contributed by atoms with Crippen LogP contribution in [-0.4, -0.2) is 4.92 Å². The van der Waals surface area contributed by atoms with Crippen molar-refractivity contribution in [2.45, 2.75) is 12.8 Å². The van der Waals surface area contributed by atoms with E-state index >= 15 is 0 Å². The molecular weight excluding hydrogens is 258 g/mol. The van der Waals surface area contributed by atoms with Crippen LogP contribution in [0.2, 0.25) is 0 Å². The molecule has 0 spiro atoms. The number of nitro groups is 1. The predicted molar refractivity (Wildman–Crippen MR) is 74.9 cm³/mol. The number of nitro benzene ring substituents is 1. The zero-order valence-corrected chi connectivity index (χ0v) is 10.5. The Morgan fingerprint density at radius 2 is 1.75 bits per heavy atom. The first-order valence-corrected chi connectivity index (χ1v) is 6.19. The molecule has 0 radical (unpaired) electrons. The Labute approximate surface area is 114 Å². The summed E-state index contributed by atoms with van der Waals surface area (Å²) in [5, 5.41) is 15.2. The molecule has 0 amide bonds. The van der Waals surface area contributed by atoms with Gasteiger partial charge in [-0.3, -0.25) is 10.1 Å². The molecule has 20 heavy (non-hydrogen) atoms. The molecule has 0 unspecified atom stereocenters. The van der Waals surface area contributed by atoms with Crippen molar-refractivity contribution in [3.05, 3.63) is 68.6 Å². The van der Waals surface area contributed by atoms with Crippen molar-refractivity contribution in [2.75, 3.05) is 5.01 Å². The van der Waals surface area contributed by atoms with E-state index in [-0.39, 0.29) is 5.69 Å². The Morgan fingerprint density at radius 1 is 1.05 bits per heavy atom. The average Bonchev–Trinajstić information content (AvgIpc) is 2.62. The van der Waals surface area contributed by atoms with Crippen LogP contribution in [0.1, 0.15) is 11.1 Å². The van der Waals surface area contributed by atoms with Gasteiger partial charge in [0.05, 0.1) is 21.6 Å². The van der Waals surface area contributed by atoms with Crippen LogP contribution in [0.4, 0.5) is 17.1 Å². The lowest BCUT2D eigenvalue weighted by Crippen LogP contribution is -2.09. The van der Waals surface area contributed by atoms with Gasteiger partial charge in [0.25, 0.3) is 5.69 Å². The fourth-order valence-corrected chi connectivity index (χ4v) is 2.49. The Kier molecular flexibility index (Phi) is 2.90. The lowest BCUT2D eigenvalue weighted by molar-refractivity contribution is -0.384. The third-order valence-corrected chi connectivity index (χ3v) is 3.47. The van der Waals surface area contributed by atoms with Gasteiger partial charge in [-0.15, -0.1) is 4.91 Å². The maximum Gasteiger partial charge on any atom is 0.271 e. The fraction of sp³-hybridized carbons (Fsp3) is 0.143. The summed E-state index contributed by atoms with van der Waals surface area (Å²) >= 11 is 0. The first-order chi connectivity index (χ1) is 9.70. The Hall–Kier alpha value is -2.76. The largest absolute Gasteiger partial charge is 0.271 e. The van der Waals surface area contributed by atoms with E-state index in [4.69, 9.17) is 0 Å². The van der Waals surface area contributed by atoms with Crippen molar-refractivity contribution in [1.29, 1.82) is 0 Å². The van der Waals surface area contributed by atoms with Gasteiger partial charge in [-0.25, -0.2) is 0 Å². The monoisotopic (exact) mass is 269 g/mol. The fourth-order valence-electron chi connectivity index (χ4n) is 2.49. The molecule has 100 valence electrons. The molecule has 6 heteroatoms. The number of benzene rings is 2. The number of fused-ring (bicyclic) bond motifs is 2. The first kappa shape index (κ1) is 12.3. The molecule has 0 bridgehead atoms. The summed E-state index contributed by atoms with van der Waals surface area (Å²) in [5.74, 6) is 0. The minimum Gasteiger partial charge on any atom is -0.258 e. The zero-order chi connectivity index (χ0) is 14.1. The molecule has 0 fully saturated rings. The van der Waals surface area contributed by atoms with Gasteiger partial charge in [-0.1, -0.05) is 24.3 Å². The molecule has 6 nitrogen and oxygen atoms in total. The maximum atomic E-state index is 11.2. The molecule has 0 aliphatic carbocycles. The molecular formula is C14H11N3O3. The number of aryl methyl sites for hydroxylation is 2. The smallest absolute Gasteiger partial charge is 0.258 e. The van der Waals surface area contributed by atoms with Crippen LogP contribution < -0.4 is 5.01 Å². The summed E-state index contributed by atoms with van der Waals surface area (Å²) < 4.78 is 0. The molecule has 2 aromatic carbocycles. The second-order valence-corrected chi connectivity index (χ2v) is 4.59. The normalized spacial score (nSPS) is 13.1. The molecule has 1 aliphatic rings. The summed E-state index contributed by atoms with van der Waals surface area (Å²) in [5.41, 5.74) is 3.01. The molecule has 0 saturated heterocycles. The van der Waals surface area contributed by atoms with Crippen molar-refractivity contribution in [3.63, 3.8) is 0 Å². The van der Waals surface area contributed by atoms with E-state index in [1.807, 2.05) is 18.2 Å². The van der Waals surface area contributed by atoms with Crippen LogP contribution >= 0.6 is 0 Å². The SMILES string of the molecule is O=NN1c2ccccc2CCc2ccc([N+](=O)[O-])cc21. The van der Waals surface area contributed by atoms with Crippen molar-refractivity contribution < 1.29 is 4.92 Å². The molecule has 2 aromatic rings. The highest BCUT2D eigenvalue weighted by Gasteiger charge is 2.23. The number of non-ortho nitro benzene ring substituents is 1. The second kappa shape index (κ2) is 4.73. The highest BCUT2D eigenvalue weighted by Crippen LogP contribution is 2.37. The van der Waals surface area contributed by atoms with Gasteiger partial charge in [0.15, 0.2) is 0 Å². The molecule has 0 atom stereocenters. The number of nitrogens with zero attached hydrogens (tertiary/aromatic N) is 3. The summed E-state index contributed by atoms with van der Waals surface area (Å²) in [7, 11) is 0. The molecule has 3 rings (SSSR count). The topological polar surface area (TPSA) is 75.8 Å². The Balaban J connectivity index is 2.20. The molecule has 0 N–H and O–H groups in total. The number of nitroso groups, excluding NO2 is 1. The lowest BCUT2D eigenvalue weighted by Gasteiger charge is -2.17. The van der Waals surface area contributed by atoms with Crippen LogP contribution in [0, 0.1) is 15.0 Å². The number of para-hydroxylation sites is 1. The Bertz CT molecular complexity index is 700. The van der Waals surface area contributed by atoms with Crippen LogP contribution in [-0.2, 0) is 12.8 Å². The second-order valence-electron chi connectivity index (χ2n) is 4.59. The van der Waals surface area contributed by atoms with Crippen LogP contribution in [0.5, 0.6) is 0 Å². The Morgan fingerprint density at radius 3 is 2.45 bits per heavy atom. The average molecular weight is 269 g/mol.